The molecule has 3 aromatic rings. The Labute approximate surface area is 151 Å². The zero-order valence-electron chi connectivity index (χ0n) is 14.6. The number of benzene rings is 2. The number of aryl methyl sites for hydroxylation is 1. The van der Waals surface area contributed by atoms with Gasteiger partial charge in [0.15, 0.2) is 5.76 Å². The fourth-order valence-corrected chi connectivity index (χ4v) is 3.21. The second-order valence-electron chi connectivity index (χ2n) is 7.09. The van der Waals surface area contributed by atoms with Gasteiger partial charge < -0.3 is 14.9 Å². The molecule has 5 heteroatoms. The number of furan rings is 1. The van der Waals surface area contributed by atoms with Crippen LogP contribution in [0.15, 0.2) is 40.8 Å². The summed E-state index contributed by atoms with van der Waals surface area (Å²) < 4.78 is 11.3. The predicted octanol–water partition coefficient (Wildman–Crippen LogP) is 5.82. The smallest absolute Gasteiger partial charge is 0.409 e. The maximum atomic E-state index is 11.4. The van der Waals surface area contributed by atoms with Crippen LogP contribution < -0.4 is 10.5 Å². The molecule has 0 radical (unpaired) electrons. The molecule has 0 spiro atoms. The van der Waals surface area contributed by atoms with Gasteiger partial charge in [0.2, 0.25) is 0 Å². The Kier molecular flexibility index (Phi) is 4.25. The lowest BCUT2D eigenvalue weighted by atomic mass is 9.82. The van der Waals surface area contributed by atoms with Crippen molar-refractivity contribution in [2.24, 2.45) is 5.73 Å². The van der Waals surface area contributed by atoms with Crippen LogP contribution in [0.1, 0.15) is 31.9 Å². The molecule has 25 heavy (non-hydrogen) atoms. The molecule has 0 unspecified atom stereocenters. The Balaban J connectivity index is 2.35. The quantitative estimate of drug-likeness (QED) is 0.628. The summed E-state index contributed by atoms with van der Waals surface area (Å²) in [6, 6.07) is 11.3. The second-order valence-corrected chi connectivity index (χ2v) is 7.47. The molecule has 0 saturated heterocycles. The fraction of sp³-hybridized carbons (Fsp3) is 0.250. The van der Waals surface area contributed by atoms with E-state index < -0.39 is 6.09 Å². The molecule has 0 aliphatic carbocycles. The minimum Gasteiger partial charge on any atom is -0.454 e. The summed E-state index contributed by atoms with van der Waals surface area (Å²) in [4.78, 5) is 11.4. The van der Waals surface area contributed by atoms with Crippen molar-refractivity contribution in [2.75, 3.05) is 0 Å². The lowest BCUT2D eigenvalue weighted by Gasteiger charge is -2.23. The number of hydrogen-bond donors (Lipinski definition) is 1. The summed E-state index contributed by atoms with van der Waals surface area (Å²) >= 11 is 6.63. The van der Waals surface area contributed by atoms with Gasteiger partial charge in [0.1, 0.15) is 11.3 Å². The van der Waals surface area contributed by atoms with Crippen molar-refractivity contribution in [3.63, 3.8) is 0 Å². The molecule has 0 bridgehead atoms. The number of primary amides is 1. The number of nitrogens with two attached hydrogens (primary N) is 1. The number of halogens is 1. The molecule has 1 heterocycles. The maximum Gasteiger partial charge on any atom is 0.409 e. The van der Waals surface area contributed by atoms with E-state index in [1.54, 1.807) is 6.07 Å². The Morgan fingerprint density at radius 1 is 1.20 bits per heavy atom. The van der Waals surface area contributed by atoms with Gasteiger partial charge in [-0.2, -0.15) is 0 Å². The zero-order valence-corrected chi connectivity index (χ0v) is 15.4. The lowest BCUT2D eigenvalue weighted by molar-refractivity contribution is 0.211. The topological polar surface area (TPSA) is 65.5 Å². The fourth-order valence-electron chi connectivity index (χ4n) is 2.93. The van der Waals surface area contributed by atoms with Gasteiger partial charge in [-0.25, -0.2) is 4.79 Å². The zero-order chi connectivity index (χ0) is 18.4. The minimum absolute atomic E-state index is 0.218. The van der Waals surface area contributed by atoms with Gasteiger partial charge in [-0.15, -0.1) is 0 Å². The largest absolute Gasteiger partial charge is 0.454 e. The van der Waals surface area contributed by atoms with Crippen molar-refractivity contribution in [3.05, 3.63) is 52.5 Å². The van der Waals surface area contributed by atoms with E-state index in [2.05, 4.69) is 20.8 Å². The Hall–Kier alpha value is -2.46. The van der Waals surface area contributed by atoms with Crippen LogP contribution in [-0.4, -0.2) is 6.09 Å². The van der Waals surface area contributed by atoms with Gasteiger partial charge >= 0.3 is 6.09 Å². The number of rotatable bonds is 2. The van der Waals surface area contributed by atoms with Gasteiger partial charge in [-0.3, -0.25) is 0 Å². The first-order chi connectivity index (χ1) is 11.7. The molecule has 0 fully saturated rings. The van der Waals surface area contributed by atoms with E-state index in [9.17, 15) is 4.79 Å². The molecule has 1 aromatic heterocycles. The lowest BCUT2D eigenvalue weighted by Crippen LogP contribution is -2.18. The van der Waals surface area contributed by atoms with Gasteiger partial charge in [0, 0.05) is 5.39 Å². The summed E-state index contributed by atoms with van der Waals surface area (Å²) in [5.41, 5.74) is 8.38. The molecule has 1 amide bonds. The number of ether oxygens (including phenoxy) is 1. The average molecular weight is 358 g/mol. The molecule has 130 valence electrons. The van der Waals surface area contributed by atoms with Crippen molar-refractivity contribution < 1.29 is 13.9 Å². The number of carbonyl (C=O) groups is 1. The van der Waals surface area contributed by atoms with Gasteiger partial charge in [0.25, 0.3) is 0 Å². The molecule has 0 saturated carbocycles. The predicted molar refractivity (Wildman–Crippen MR) is 100 cm³/mol. The van der Waals surface area contributed by atoms with Crippen molar-refractivity contribution in [2.45, 2.75) is 33.1 Å². The number of amides is 1. The van der Waals surface area contributed by atoms with Gasteiger partial charge in [0.05, 0.1) is 10.6 Å². The maximum absolute atomic E-state index is 11.4. The SMILES string of the molecule is Cc1ccc2oc(-c3c(OC(N)=O)cccc3C(C)(C)C)c(Cl)c2c1. The standard InChI is InChI=1S/C20H20ClNO3/c1-11-8-9-14-12(10-11)17(21)18(24-14)16-13(20(2,3)4)6-5-7-15(16)25-19(22)23/h5-10H,1-4H3,(H2,22,23). The summed E-state index contributed by atoms with van der Waals surface area (Å²) in [7, 11) is 0. The van der Waals surface area contributed by atoms with Crippen LogP contribution in [0.4, 0.5) is 4.79 Å². The van der Waals surface area contributed by atoms with Crippen molar-refractivity contribution in [1.82, 2.24) is 0 Å². The van der Waals surface area contributed by atoms with Crippen LogP contribution in [-0.2, 0) is 5.41 Å². The third-order valence-electron chi connectivity index (χ3n) is 4.05. The van der Waals surface area contributed by atoms with E-state index in [1.165, 1.54) is 0 Å². The van der Waals surface area contributed by atoms with E-state index in [0.29, 0.717) is 27.7 Å². The molecule has 0 aliphatic heterocycles. The van der Waals surface area contributed by atoms with Gasteiger partial charge in [-0.05, 0) is 36.1 Å². The summed E-state index contributed by atoms with van der Waals surface area (Å²) in [5.74, 6) is 0.807. The molecule has 2 aromatic carbocycles. The minimum atomic E-state index is -0.879. The normalized spacial score (nSPS) is 11.7. The highest BCUT2D eigenvalue weighted by Crippen LogP contribution is 2.46. The van der Waals surface area contributed by atoms with E-state index in [4.69, 9.17) is 26.5 Å². The van der Waals surface area contributed by atoms with Crippen LogP contribution >= 0.6 is 11.6 Å². The first-order valence-corrected chi connectivity index (χ1v) is 8.36. The Bertz CT molecular complexity index is 967. The highest BCUT2D eigenvalue weighted by atomic mass is 35.5. The molecule has 4 nitrogen and oxygen atoms in total. The van der Waals surface area contributed by atoms with Crippen molar-refractivity contribution in [3.8, 4) is 17.1 Å². The third-order valence-corrected chi connectivity index (χ3v) is 4.43. The Morgan fingerprint density at radius 3 is 2.56 bits per heavy atom. The van der Waals surface area contributed by atoms with E-state index in [1.807, 2.05) is 37.3 Å². The third kappa shape index (κ3) is 3.22. The second kappa shape index (κ2) is 6.12. The molecule has 0 atom stereocenters. The van der Waals surface area contributed by atoms with E-state index >= 15 is 0 Å². The van der Waals surface area contributed by atoms with E-state index in [0.717, 1.165) is 16.5 Å². The van der Waals surface area contributed by atoms with Crippen LogP contribution in [0.25, 0.3) is 22.3 Å². The van der Waals surface area contributed by atoms with Crippen LogP contribution in [0, 0.1) is 6.92 Å². The highest BCUT2D eigenvalue weighted by Gasteiger charge is 2.27. The Morgan fingerprint density at radius 2 is 1.92 bits per heavy atom. The monoisotopic (exact) mass is 357 g/mol. The van der Waals surface area contributed by atoms with Crippen LogP contribution in [0.5, 0.6) is 5.75 Å². The molecule has 3 rings (SSSR count). The van der Waals surface area contributed by atoms with Crippen molar-refractivity contribution in [1.29, 1.82) is 0 Å². The average Bonchev–Trinajstić information content (AvgIpc) is 2.82. The summed E-state index contributed by atoms with van der Waals surface area (Å²) in [6.45, 7) is 8.20. The first kappa shape index (κ1) is 17.4. The number of carbonyl (C=O) groups excluding carboxylic acids is 1. The first-order valence-electron chi connectivity index (χ1n) is 7.98. The van der Waals surface area contributed by atoms with Crippen LogP contribution in [0.3, 0.4) is 0 Å². The van der Waals surface area contributed by atoms with Gasteiger partial charge in [-0.1, -0.05) is 56.1 Å². The summed E-state index contributed by atoms with van der Waals surface area (Å²) in [5, 5.41) is 1.31. The molecule has 0 aliphatic rings. The molecular weight excluding hydrogens is 338 g/mol. The molecular formula is C20H20ClNO3. The van der Waals surface area contributed by atoms with E-state index in [-0.39, 0.29) is 5.41 Å². The number of hydrogen-bond acceptors (Lipinski definition) is 3. The highest BCUT2D eigenvalue weighted by molar-refractivity contribution is 6.38. The summed E-state index contributed by atoms with van der Waals surface area (Å²) in [6.07, 6.45) is -0.879. The number of fused-ring (bicyclic) bond motifs is 1. The van der Waals surface area contributed by atoms with Crippen LogP contribution in [0.2, 0.25) is 5.02 Å². The van der Waals surface area contributed by atoms with Crippen molar-refractivity contribution >= 4 is 28.7 Å². The molecule has 2 N–H and O–H groups in total.